The van der Waals surface area contributed by atoms with Gasteiger partial charge in [0.1, 0.15) is 11.5 Å². The molecular formula is C15H12O3. The molecule has 2 aromatic rings. The molecule has 0 aliphatic rings. The van der Waals surface area contributed by atoms with Gasteiger partial charge < -0.3 is 9.47 Å². The zero-order valence-corrected chi connectivity index (χ0v) is 9.71. The molecule has 0 unspecified atom stereocenters. The van der Waals surface area contributed by atoms with E-state index in [9.17, 15) is 4.79 Å². The largest absolute Gasteiger partial charge is 0.519 e. The van der Waals surface area contributed by atoms with Crippen LogP contribution in [0.15, 0.2) is 61.2 Å². The summed E-state index contributed by atoms with van der Waals surface area (Å²) in [5.74, 6) is 0.881. The van der Waals surface area contributed by atoms with Crippen molar-refractivity contribution in [3.05, 3.63) is 66.7 Å². The molecule has 0 bridgehead atoms. The van der Waals surface area contributed by atoms with Crippen LogP contribution in [0, 0.1) is 0 Å². The second kappa shape index (κ2) is 5.68. The monoisotopic (exact) mass is 240 g/mol. The van der Waals surface area contributed by atoms with Gasteiger partial charge in [-0.1, -0.05) is 43.0 Å². The van der Waals surface area contributed by atoms with Crippen LogP contribution in [0.3, 0.4) is 0 Å². The van der Waals surface area contributed by atoms with Gasteiger partial charge in [-0.2, -0.15) is 0 Å². The first-order valence-electron chi connectivity index (χ1n) is 5.45. The lowest BCUT2D eigenvalue weighted by molar-refractivity contribution is 0.152. The Hall–Kier alpha value is -2.55. The average molecular weight is 240 g/mol. The maximum atomic E-state index is 11.5. The molecule has 2 rings (SSSR count). The molecule has 0 N–H and O–H groups in total. The van der Waals surface area contributed by atoms with Crippen LogP contribution in [0.25, 0.3) is 6.08 Å². The fourth-order valence-electron chi connectivity index (χ4n) is 1.37. The second-order valence-corrected chi connectivity index (χ2v) is 3.54. The Kier molecular flexibility index (Phi) is 3.76. The van der Waals surface area contributed by atoms with Crippen molar-refractivity contribution in [2.75, 3.05) is 0 Å². The standard InChI is InChI=1S/C15H12O3/c1-2-12-8-10-14(11-9-12)18-15(16)17-13-6-4-3-5-7-13/h2-11H,1H2. The van der Waals surface area contributed by atoms with E-state index in [1.807, 2.05) is 6.07 Å². The maximum absolute atomic E-state index is 11.5. The van der Waals surface area contributed by atoms with Gasteiger partial charge in [-0.15, -0.1) is 0 Å². The number of hydrogen-bond donors (Lipinski definition) is 0. The van der Waals surface area contributed by atoms with Gasteiger partial charge in [-0.3, -0.25) is 0 Å². The minimum Gasteiger partial charge on any atom is -0.395 e. The van der Waals surface area contributed by atoms with Gasteiger partial charge in [0, 0.05) is 0 Å². The number of rotatable bonds is 3. The average Bonchev–Trinajstić information content (AvgIpc) is 2.40. The van der Waals surface area contributed by atoms with Crippen molar-refractivity contribution >= 4 is 12.2 Å². The summed E-state index contributed by atoms with van der Waals surface area (Å²) in [7, 11) is 0. The fourth-order valence-corrected chi connectivity index (χ4v) is 1.37. The zero-order valence-electron chi connectivity index (χ0n) is 9.71. The van der Waals surface area contributed by atoms with Gasteiger partial charge in [0.2, 0.25) is 0 Å². The topological polar surface area (TPSA) is 35.5 Å². The highest BCUT2D eigenvalue weighted by Crippen LogP contribution is 2.15. The molecule has 2 aromatic carbocycles. The second-order valence-electron chi connectivity index (χ2n) is 3.54. The highest BCUT2D eigenvalue weighted by Gasteiger charge is 2.06. The van der Waals surface area contributed by atoms with E-state index in [0.717, 1.165) is 5.56 Å². The zero-order chi connectivity index (χ0) is 12.8. The third kappa shape index (κ3) is 3.22. The first-order chi connectivity index (χ1) is 8.78. The summed E-state index contributed by atoms with van der Waals surface area (Å²) >= 11 is 0. The van der Waals surface area contributed by atoms with Crippen molar-refractivity contribution in [3.63, 3.8) is 0 Å². The van der Waals surface area contributed by atoms with Crippen molar-refractivity contribution in [3.8, 4) is 11.5 Å². The lowest BCUT2D eigenvalue weighted by Crippen LogP contribution is -2.13. The van der Waals surface area contributed by atoms with Gasteiger partial charge in [0.25, 0.3) is 0 Å². The summed E-state index contributed by atoms with van der Waals surface area (Å²) in [6.45, 7) is 3.64. The smallest absolute Gasteiger partial charge is 0.395 e. The third-order valence-electron chi connectivity index (χ3n) is 2.26. The molecule has 90 valence electrons. The van der Waals surface area contributed by atoms with Gasteiger partial charge in [-0.05, 0) is 29.8 Å². The van der Waals surface area contributed by atoms with Crippen molar-refractivity contribution in [1.29, 1.82) is 0 Å². The molecule has 0 saturated carbocycles. The van der Waals surface area contributed by atoms with Gasteiger partial charge >= 0.3 is 6.16 Å². The summed E-state index contributed by atoms with van der Waals surface area (Å²) < 4.78 is 10.0. The lowest BCUT2D eigenvalue weighted by Gasteiger charge is -2.05. The van der Waals surface area contributed by atoms with Crippen LogP contribution in [0.1, 0.15) is 5.56 Å². The quantitative estimate of drug-likeness (QED) is 0.602. The molecule has 0 aliphatic heterocycles. The summed E-state index contributed by atoms with van der Waals surface area (Å²) in [6, 6.07) is 15.7. The molecule has 0 heterocycles. The van der Waals surface area contributed by atoms with Crippen LogP contribution in [0.2, 0.25) is 0 Å². The highest BCUT2D eigenvalue weighted by atomic mass is 16.7. The van der Waals surface area contributed by atoms with Crippen molar-refractivity contribution in [2.45, 2.75) is 0 Å². The molecule has 0 spiro atoms. The molecular weight excluding hydrogens is 228 g/mol. The molecule has 3 nitrogen and oxygen atoms in total. The Morgan fingerprint density at radius 3 is 2.00 bits per heavy atom. The van der Waals surface area contributed by atoms with E-state index in [-0.39, 0.29) is 0 Å². The third-order valence-corrected chi connectivity index (χ3v) is 2.26. The number of carbonyl (C=O) groups is 1. The Labute approximate surface area is 105 Å². The number of hydrogen-bond acceptors (Lipinski definition) is 3. The molecule has 3 heteroatoms. The minimum atomic E-state index is -0.757. The predicted octanol–water partition coefficient (Wildman–Crippen LogP) is 3.91. The number of carbonyl (C=O) groups excluding carboxylic acids is 1. The van der Waals surface area contributed by atoms with E-state index in [0.29, 0.717) is 11.5 Å². The predicted molar refractivity (Wildman–Crippen MR) is 69.6 cm³/mol. The van der Waals surface area contributed by atoms with Crippen LogP contribution in [-0.4, -0.2) is 6.16 Å². The van der Waals surface area contributed by atoms with E-state index in [4.69, 9.17) is 9.47 Å². The van der Waals surface area contributed by atoms with Gasteiger partial charge in [-0.25, -0.2) is 4.79 Å². The number of ether oxygens (including phenoxy) is 2. The van der Waals surface area contributed by atoms with Crippen molar-refractivity contribution < 1.29 is 14.3 Å². The molecule has 0 atom stereocenters. The van der Waals surface area contributed by atoms with Crippen LogP contribution in [0.5, 0.6) is 11.5 Å². The number of benzene rings is 2. The molecule has 0 radical (unpaired) electrons. The summed E-state index contributed by atoms with van der Waals surface area (Å²) in [5, 5.41) is 0. The van der Waals surface area contributed by atoms with Crippen LogP contribution in [0.4, 0.5) is 4.79 Å². The Bertz CT molecular complexity index is 529. The summed E-state index contributed by atoms with van der Waals surface area (Å²) in [6.07, 6.45) is 0.957. The van der Waals surface area contributed by atoms with Gasteiger partial charge in [0.05, 0.1) is 0 Å². The molecule has 0 aliphatic carbocycles. The van der Waals surface area contributed by atoms with E-state index < -0.39 is 6.16 Å². The van der Waals surface area contributed by atoms with Crippen LogP contribution < -0.4 is 9.47 Å². The normalized spacial score (nSPS) is 9.56. The maximum Gasteiger partial charge on any atom is 0.519 e. The van der Waals surface area contributed by atoms with E-state index in [2.05, 4.69) is 6.58 Å². The molecule has 18 heavy (non-hydrogen) atoms. The Balaban J connectivity index is 1.96. The van der Waals surface area contributed by atoms with Crippen LogP contribution in [-0.2, 0) is 0 Å². The minimum absolute atomic E-state index is 0.432. The first-order valence-corrected chi connectivity index (χ1v) is 5.45. The summed E-state index contributed by atoms with van der Waals surface area (Å²) in [5.41, 5.74) is 0.957. The Morgan fingerprint density at radius 2 is 1.44 bits per heavy atom. The SMILES string of the molecule is C=Cc1ccc(OC(=O)Oc2ccccc2)cc1. The molecule has 0 saturated heterocycles. The first kappa shape index (κ1) is 11.9. The Morgan fingerprint density at radius 1 is 0.889 bits per heavy atom. The molecule has 0 amide bonds. The highest BCUT2D eigenvalue weighted by molar-refractivity contribution is 5.67. The van der Waals surface area contributed by atoms with E-state index in [1.54, 1.807) is 54.6 Å². The molecule has 0 aromatic heterocycles. The van der Waals surface area contributed by atoms with Gasteiger partial charge in [0.15, 0.2) is 0 Å². The molecule has 0 fully saturated rings. The van der Waals surface area contributed by atoms with Crippen molar-refractivity contribution in [1.82, 2.24) is 0 Å². The van der Waals surface area contributed by atoms with Crippen molar-refractivity contribution in [2.24, 2.45) is 0 Å². The van der Waals surface area contributed by atoms with E-state index >= 15 is 0 Å². The van der Waals surface area contributed by atoms with E-state index in [1.165, 1.54) is 0 Å². The summed E-state index contributed by atoms with van der Waals surface area (Å²) in [4.78, 5) is 11.5. The number of para-hydroxylation sites is 1. The van der Waals surface area contributed by atoms with Crippen LogP contribution >= 0.6 is 0 Å². The fraction of sp³-hybridized carbons (Fsp3) is 0. The lowest BCUT2D eigenvalue weighted by atomic mass is 10.2.